The van der Waals surface area contributed by atoms with E-state index in [0.29, 0.717) is 17.7 Å². The van der Waals surface area contributed by atoms with Crippen LogP contribution < -0.4 is 9.47 Å². The van der Waals surface area contributed by atoms with Crippen molar-refractivity contribution in [3.63, 3.8) is 0 Å². The zero-order chi connectivity index (χ0) is 16.8. The lowest BCUT2D eigenvalue weighted by Crippen LogP contribution is -2.09. The van der Waals surface area contributed by atoms with Crippen LogP contribution in [0.5, 0.6) is 11.5 Å². The molecule has 0 spiro atoms. The Kier molecular flexibility index (Phi) is 5.51. The number of carbonyl (C=O) groups is 1. The SMILES string of the molecule is CC(C)Oc1cc(-c2nc(COC=O)co2)ccc1OC(F)F. The van der Waals surface area contributed by atoms with Crippen LogP contribution >= 0.6 is 0 Å². The molecule has 0 amide bonds. The van der Waals surface area contributed by atoms with Crippen LogP contribution in [0.25, 0.3) is 11.5 Å². The number of ether oxygens (including phenoxy) is 3. The molecule has 1 aromatic carbocycles. The zero-order valence-corrected chi connectivity index (χ0v) is 12.5. The minimum absolute atomic E-state index is 0.0189. The Morgan fingerprint density at radius 2 is 2.04 bits per heavy atom. The molecule has 1 aromatic heterocycles. The Morgan fingerprint density at radius 1 is 1.26 bits per heavy atom. The maximum absolute atomic E-state index is 12.4. The van der Waals surface area contributed by atoms with E-state index in [-0.39, 0.29) is 30.1 Å². The Balaban J connectivity index is 2.28. The minimum Gasteiger partial charge on any atom is -0.487 e. The number of carbonyl (C=O) groups excluding carboxylic acids is 1. The lowest BCUT2D eigenvalue weighted by molar-refractivity contribution is -0.129. The van der Waals surface area contributed by atoms with Gasteiger partial charge in [0.25, 0.3) is 6.47 Å². The molecule has 0 unspecified atom stereocenters. The highest BCUT2D eigenvalue weighted by Crippen LogP contribution is 2.34. The van der Waals surface area contributed by atoms with E-state index in [1.807, 2.05) is 0 Å². The van der Waals surface area contributed by atoms with Crippen LogP contribution in [0.15, 0.2) is 28.9 Å². The van der Waals surface area contributed by atoms with Gasteiger partial charge in [-0.15, -0.1) is 0 Å². The molecule has 0 N–H and O–H groups in total. The van der Waals surface area contributed by atoms with E-state index in [1.54, 1.807) is 13.8 Å². The fraction of sp³-hybridized carbons (Fsp3) is 0.333. The van der Waals surface area contributed by atoms with Crippen molar-refractivity contribution in [1.82, 2.24) is 4.98 Å². The van der Waals surface area contributed by atoms with E-state index < -0.39 is 6.61 Å². The lowest BCUT2D eigenvalue weighted by atomic mass is 10.2. The van der Waals surface area contributed by atoms with Crippen LogP contribution in [-0.2, 0) is 16.1 Å². The molecule has 2 aromatic rings. The Morgan fingerprint density at radius 3 is 2.70 bits per heavy atom. The van der Waals surface area contributed by atoms with Crippen LogP contribution in [0, 0.1) is 0 Å². The highest BCUT2D eigenvalue weighted by atomic mass is 19.3. The molecule has 2 rings (SSSR count). The highest BCUT2D eigenvalue weighted by Gasteiger charge is 2.15. The first-order valence-electron chi connectivity index (χ1n) is 6.75. The molecule has 0 aliphatic rings. The Labute approximate surface area is 131 Å². The van der Waals surface area contributed by atoms with E-state index >= 15 is 0 Å². The van der Waals surface area contributed by atoms with Gasteiger partial charge in [0.05, 0.1) is 6.10 Å². The average molecular weight is 327 g/mol. The van der Waals surface area contributed by atoms with Crippen molar-refractivity contribution < 1.29 is 32.2 Å². The molecule has 8 heteroatoms. The molecule has 0 radical (unpaired) electrons. The largest absolute Gasteiger partial charge is 0.487 e. The molecule has 0 saturated carbocycles. The molecule has 6 nitrogen and oxygen atoms in total. The Hall–Kier alpha value is -2.64. The van der Waals surface area contributed by atoms with E-state index in [9.17, 15) is 13.6 Å². The second-order valence-electron chi connectivity index (χ2n) is 4.76. The van der Waals surface area contributed by atoms with Gasteiger partial charge >= 0.3 is 6.61 Å². The standard InChI is InChI=1S/C15H15F2NO5/c1-9(2)22-13-5-10(3-4-12(13)23-15(16)17)14-18-11(7-21-14)6-20-8-19/h3-5,7-9,15H,6H2,1-2H3. The summed E-state index contributed by atoms with van der Waals surface area (Å²) in [5.41, 5.74) is 0.936. The number of oxazole rings is 1. The van der Waals surface area contributed by atoms with Crippen molar-refractivity contribution in [3.8, 4) is 23.0 Å². The summed E-state index contributed by atoms with van der Waals surface area (Å²) in [5.74, 6) is 0.321. The second kappa shape index (κ2) is 7.57. The quantitative estimate of drug-likeness (QED) is 0.692. The summed E-state index contributed by atoms with van der Waals surface area (Å²) in [6, 6.07) is 4.36. The molecule has 0 saturated heterocycles. The van der Waals surface area contributed by atoms with Gasteiger partial charge in [-0.25, -0.2) is 4.98 Å². The van der Waals surface area contributed by atoms with Gasteiger partial charge < -0.3 is 18.6 Å². The molecular formula is C15H15F2NO5. The number of hydrogen-bond acceptors (Lipinski definition) is 6. The molecule has 0 atom stereocenters. The number of benzene rings is 1. The van der Waals surface area contributed by atoms with E-state index in [0.717, 1.165) is 0 Å². The van der Waals surface area contributed by atoms with Gasteiger partial charge in [-0.3, -0.25) is 4.79 Å². The van der Waals surface area contributed by atoms with Crippen molar-refractivity contribution >= 4 is 6.47 Å². The van der Waals surface area contributed by atoms with Crippen LogP contribution in [0.1, 0.15) is 19.5 Å². The minimum atomic E-state index is -2.95. The molecule has 0 fully saturated rings. The maximum atomic E-state index is 12.4. The first kappa shape index (κ1) is 16.7. The van der Waals surface area contributed by atoms with Crippen molar-refractivity contribution in [2.45, 2.75) is 33.2 Å². The first-order valence-corrected chi connectivity index (χ1v) is 6.75. The number of hydrogen-bond donors (Lipinski definition) is 0. The number of nitrogens with zero attached hydrogens (tertiary/aromatic N) is 1. The number of alkyl halides is 2. The summed E-state index contributed by atoms with van der Waals surface area (Å²) in [5, 5.41) is 0. The molecule has 124 valence electrons. The van der Waals surface area contributed by atoms with Gasteiger partial charge in [-0.1, -0.05) is 0 Å². The summed E-state index contributed by atoms with van der Waals surface area (Å²) in [6.07, 6.45) is 1.11. The molecule has 0 bridgehead atoms. The molecule has 0 aliphatic heterocycles. The summed E-state index contributed by atoms with van der Waals surface area (Å²) >= 11 is 0. The van der Waals surface area contributed by atoms with Gasteiger partial charge in [-0.05, 0) is 32.0 Å². The van der Waals surface area contributed by atoms with E-state index in [2.05, 4.69) is 14.5 Å². The molecule has 1 heterocycles. The third-order valence-corrected chi connectivity index (χ3v) is 2.62. The number of halogens is 2. The lowest BCUT2D eigenvalue weighted by Gasteiger charge is -2.15. The average Bonchev–Trinajstić information content (AvgIpc) is 2.94. The second-order valence-corrected chi connectivity index (χ2v) is 4.76. The third-order valence-electron chi connectivity index (χ3n) is 2.62. The third kappa shape index (κ3) is 4.67. The first-order chi connectivity index (χ1) is 11.0. The van der Waals surface area contributed by atoms with Gasteiger partial charge in [0.15, 0.2) is 11.5 Å². The maximum Gasteiger partial charge on any atom is 0.387 e. The molecule has 23 heavy (non-hydrogen) atoms. The zero-order valence-electron chi connectivity index (χ0n) is 12.5. The highest BCUT2D eigenvalue weighted by molar-refractivity contribution is 5.60. The van der Waals surface area contributed by atoms with Gasteiger partial charge in [-0.2, -0.15) is 8.78 Å². The molecule has 0 aliphatic carbocycles. The number of rotatable bonds is 8. The smallest absolute Gasteiger partial charge is 0.387 e. The predicted molar refractivity (Wildman–Crippen MR) is 75.2 cm³/mol. The van der Waals surface area contributed by atoms with Crippen LogP contribution in [0.4, 0.5) is 8.78 Å². The van der Waals surface area contributed by atoms with Gasteiger partial charge in [0.2, 0.25) is 5.89 Å². The van der Waals surface area contributed by atoms with E-state index in [1.165, 1.54) is 24.5 Å². The normalized spacial score (nSPS) is 10.9. The van der Waals surface area contributed by atoms with Crippen LogP contribution in [0.2, 0.25) is 0 Å². The van der Waals surface area contributed by atoms with Gasteiger partial charge in [0, 0.05) is 5.56 Å². The predicted octanol–water partition coefficient (Wildman–Crippen LogP) is 3.40. The van der Waals surface area contributed by atoms with Crippen molar-refractivity contribution in [1.29, 1.82) is 0 Å². The van der Waals surface area contributed by atoms with Crippen molar-refractivity contribution in [3.05, 3.63) is 30.2 Å². The summed E-state index contributed by atoms with van der Waals surface area (Å²) in [6.45, 7) is 0.857. The van der Waals surface area contributed by atoms with Crippen molar-refractivity contribution in [2.24, 2.45) is 0 Å². The fourth-order valence-electron chi connectivity index (χ4n) is 1.81. The van der Waals surface area contributed by atoms with E-state index in [4.69, 9.17) is 9.15 Å². The summed E-state index contributed by atoms with van der Waals surface area (Å²) in [7, 11) is 0. The summed E-state index contributed by atoms with van der Waals surface area (Å²) in [4.78, 5) is 14.3. The monoisotopic (exact) mass is 327 g/mol. The van der Waals surface area contributed by atoms with Gasteiger partial charge in [0.1, 0.15) is 18.6 Å². The fourth-order valence-corrected chi connectivity index (χ4v) is 1.81. The van der Waals surface area contributed by atoms with Crippen LogP contribution in [-0.4, -0.2) is 24.2 Å². The summed E-state index contributed by atoms with van der Waals surface area (Å²) < 4.78 is 44.6. The Bertz CT molecular complexity index is 657. The number of aromatic nitrogens is 1. The topological polar surface area (TPSA) is 70.8 Å². The molecular weight excluding hydrogens is 312 g/mol. The van der Waals surface area contributed by atoms with Crippen molar-refractivity contribution in [2.75, 3.05) is 0 Å². The van der Waals surface area contributed by atoms with Crippen LogP contribution in [0.3, 0.4) is 0 Å².